The van der Waals surface area contributed by atoms with Crippen LogP contribution in [0.3, 0.4) is 0 Å². The van der Waals surface area contributed by atoms with Crippen molar-refractivity contribution in [1.29, 1.82) is 0 Å². The minimum atomic E-state index is -4.90. The molecule has 3 rings (SSSR count). The molecule has 0 saturated carbocycles. The molecular formula is C18H21F3N2O3. The van der Waals surface area contributed by atoms with Gasteiger partial charge in [-0.3, -0.25) is 14.5 Å². The molecule has 1 aromatic rings. The minimum Gasteiger partial charge on any atom is -0.469 e. The number of piperidine rings is 1. The van der Waals surface area contributed by atoms with Gasteiger partial charge < -0.3 is 9.64 Å². The molecule has 8 heteroatoms. The van der Waals surface area contributed by atoms with E-state index in [0.717, 1.165) is 10.5 Å². The fourth-order valence-electron chi connectivity index (χ4n) is 4.15. The third-order valence-electron chi connectivity index (χ3n) is 5.41. The van der Waals surface area contributed by atoms with Gasteiger partial charge in [-0.25, -0.2) is 0 Å². The van der Waals surface area contributed by atoms with Crippen LogP contribution in [0.1, 0.15) is 12.0 Å². The summed E-state index contributed by atoms with van der Waals surface area (Å²) >= 11 is 0. The summed E-state index contributed by atoms with van der Waals surface area (Å²) in [5.41, 5.74) is 0.209. The van der Waals surface area contributed by atoms with Crippen LogP contribution in [-0.2, 0) is 20.9 Å². The molecule has 1 aromatic carbocycles. The summed E-state index contributed by atoms with van der Waals surface area (Å²) in [7, 11) is 1.29. The van der Waals surface area contributed by atoms with Gasteiger partial charge in [-0.1, -0.05) is 30.3 Å². The van der Waals surface area contributed by atoms with Crippen LogP contribution >= 0.6 is 0 Å². The highest BCUT2D eigenvalue weighted by Gasteiger charge is 2.57. The first-order valence-corrected chi connectivity index (χ1v) is 8.47. The number of alkyl halides is 3. The molecule has 0 N–H and O–H groups in total. The monoisotopic (exact) mass is 370 g/mol. The number of nitrogens with zero attached hydrogens (tertiary/aromatic N) is 2. The Morgan fingerprint density at radius 3 is 2.54 bits per heavy atom. The molecule has 142 valence electrons. The van der Waals surface area contributed by atoms with Gasteiger partial charge >= 0.3 is 18.1 Å². The van der Waals surface area contributed by atoms with Gasteiger partial charge in [0, 0.05) is 38.6 Å². The van der Waals surface area contributed by atoms with Gasteiger partial charge in [0.25, 0.3) is 0 Å². The van der Waals surface area contributed by atoms with E-state index >= 15 is 0 Å². The van der Waals surface area contributed by atoms with E-state index in [-0.39, 0.29) is 25.4 Å². The van der Waals surface area contributed by atoms with Crippen molar-refractivity contribution < 1.29 is 27.5 Å². The zero-order chi connectivity index (χ0) is 18.9. The average molecular weight is 370 g/mol. The van der Waals surface area contributed by atoms with E-state index in [0.29, 0.717) is 19.6 Å². The molecule has 0 aliphatic carbocycles. The highest BCUT2D eigenvalue weighted by atomic mass is 19.4. The molecule has 1 amide bonds. The Labute approximate surface area is 149 Å². The Bertz CT molecular complexity index is 680. The summed E-state index contributed by atoms with van der Waals surface area (Å²) in [6.07, 6.45) is -4.72. The Morgan fingerprint density at radius 2 is 1.92 bits per heavy atom. The molecule has 0 radical (unpaired) electrons. The van der Waals surface area contributed by atoms with Crippen molar-refractivity contribution in [2.45, 2.75) is 19.1 Å². The van der Waals surface area contributed by atoms with Crippen molar-refractivity contribution in [2.75, 3.05) is 33.3 Å². The van der Waals surface area contributed by atoms with Gasteiger partial charge in [0.1, 0.15) is 0 Å². The maximum Gasteiger partial charge on any atom is 0.471 e. The number of esters is 1. The average Bonchev–Trinajstić information content (AvgIpc) is 2.98. The molecule has 2 aliphatic rings. The lowest BCUT2D eigenvalue weighted by Gasteiger charge is -2.41. The van der Waals surface area contributed by atoms with E-state index in [1.54, 1.807) is 0 Å². The lowest BCUT2D eigenvalue weighted by atomic mass is 9.72. The van der Waals surface area contributed by atoms with Crippen LogP contribution in [0.25, 0.3) is 0 Å². The summed E-state index contributed by atoms with van der Waals surface area (Å²) in [4.78, 5) is 26.9. The van der Waals surface area contributed by atoms with Gasteiger partial charge in [0.15, 0.2) is 0 Å². The third-order valence-corrected chi connectivity index (χ3v) is 5.41. The lowest BCUT2D eigenvalue weighted by Crippen LogP contribution is -2.55. The molecule has 0 aromatic heterocycles. The van der Waals surface area contributed by atoms with Crippen molar-refractivity contribution in [3.8, 4) is 0 Å². The molecule has 26 heavy (non-hydrogen) atoms. The number of hydrogen-bond donors (Lipinski definition) is 0. The molecule has 2 fully saturated rings. The topological polar surface area (TPSA) is 49.9 Å². The van der Waals surface area contributed by atoms with Crippen LogP contribution in [0.15, 0.2) is 30.3 Å². The number of likely N-dealkylation sites (tertiary alicyclic amines) is 2. The Balaban J connectivity index is 1.78. The second kappa shape index (κ2) is 6.90. The number of methoxy groups -OCH3 is 1. The molecule has 2 heterocycles. The van der Waals surface area contributed by atoms with Crippen LogP contribution < -0.4 is 0 Å². The van der Waals surface area contributed by atoms with E-state index < -0.39 is 23.5 Å². The van der Waals surface area contributed by atoms with Gasteiger partial charge in [-0.2, -0.15) is 13.2 Å². The summed E-state index contributed by atoms with van der Waals surface area (Å²) in [5, 5.41) is 0. The third kappa shape index (κ3) is 3.42. The van der Waals surface area contributed by atoms with Crippen LogP contribution in [0.5, 0.6) is 0 Å². The Hall–Kier alpha value is -2.09. The van der Waals surface area contributed by atoms with E-state index in [9.17, 15) is 22.8 Å². The summed E-state index contributed by atoms with van der Waals surface area (Å²) in [6.45, 7) is 1.30. The second-order valence-corrected chi connectivity index (χ2v) is 7.00. The second-order valence-electron chi connectivity index (χ2n) is 7.00. The molecule has 0 bridgehead atoms. The normalized spacial score (nSPS) is 26.5. The number of amides is 1. The Morgan fingerprint density at radius 1 is 1.23 bits per heavy atom. The van der Waals surface area contributed by atoms with Crippen LogP contribution in [0, 0.1) is 11.3 Å². The number of carbonyl (C=O) groups is 2. The van der Waals surface area contributed by atoms with Crippen molar-refractivity contribution in [3.05, 3.63) is 35.9 Å². The number of hydrogen-bond acceptors (Lipinski definition) is 4. The highest BCUT2D eigenvalue weighted by molar-refractivity contribution is 5.83. The van der Waals surface area contributed by atoms with Gasteiger partial charge in [0.05, 0.1) is 12.5 Å². The van der Waals surface area contributed by atoms with Crippen molar-refractivity contribution in [1.82, 2.24) is 9.80 Å². The largest absolute Gasteiger partial charge is 0.471 e. The van der Waals surface area contributed by atoms with E-state index in [1.807, 2.05) is 30.3 Å². The molecule has 2 saturated heterocycles. The highest BCUT2D eigenvalue weighted by Crippen LogP contribution is 2.44. The molecular weight excluding hydrogens is 349 g/mol. The van der Waals surface area contributed by atoms with Gasteiger partial charge in [-0.15, -0.1) is 0 Å². The number of carbonyl (C=O) groups excluding carboxylic acids is 2. The first-order chi connectivity index (χ1) is 12.3. The van der Waals surface area contributed by atoms with E-state index in [2.05, 4.69) is 4.90 Å². The van der Waals surface area contributed by atoms with Crippen LogP contribution in [0.4, 0.5) is 13.2 Å². The standard InChI is InChI=1S/C18H21F3N2O3/c1-26-16(25)17-7-8-23(15(24)18(19,20)21)11-14(17)10-22(12-17)9-13-5-3-2-4-6-13/h2-6,14H,7-12H2,1H3/t14-,17-/m0/s1. The lowest BCUT2D eigenvalue weighted by molar-refractivity contribution is -0.190. The number of benzene rings is 1. The van der Waals surface area contributed by atoms with E-state index in [1.165, 1.54) is 7.11 Å². The minimum absolute atomic E-state index is 0.0846. The smallest absolute Gasteiger partial charge is 0.469 e. The SMILES string of the molecule is COC(=O)[C@]12CCN(C(=O)C(F)(F)F)C[C@@H]1CN(Cc1ccccc1)C2. The van der Waals surface area contributed by atoms with Crippen LogP contribution in [-0.4, -0.2) is 61.1 Å². The van der Waals surface area contributed by atoms with Crippen molar-refractivity contribution in [2.24, 2.45) is 11.3 Å². The summed E-state index contributed by atoms with van der Waals surface area (Å²) in [5.74, 6) is -2.62. The van der Waals surface area contributed by atoms with Gasteiger partial charge in [-0.05, 0) is 12.0 Å². The fourth-order valence-corrected chi connectivity index (χ4v) is 4.15. The van der Waals surface area contributed by atoms with E-state index in [4.69, 9.17) is 4.74 Å². The maximum atomic E-state index is 12.8. The predicted octanol–water partition coefficient (Wildman–Crippen LogP) is 2.07. The zero-order valence-electron chi connectivity index (χ0n) is 14.5. The summed E-state index contributed by atoms with van der Waals surface area (Å²) in [6, 6.07) is 9.67. The zero-order valence-corrected chi connectivity index (χ0v) is 14.5. The van der Waals surface area contributed by atoms with Crippen LogP contribution in [0.2, 0.25) is 0 Å². The molecule has 2 aliphatic heterocycles. The fraction of sp³-hybridized carbons (Fsp3) is 0.556. The molecule has 0 unspecified atom stereocenters. The van der Waals surface area contributed by atoms with Crippen molar-refractivity contribution >= 4 is 11.9 Å². The first-order valence-electron chi connectivity index (χ1n) is 8.47. The number of fused-ring (bicyclic) bond motifs is 1. The number of rotatable bonds is 3. The maximum absolute atomic E-state index is 12.8. The number of halogens is 3. The molecule has 0 spiro atoms. The summed E-state index contributed by atoms with van der Waals surface area (Å²) < 4.78 is 43.3. The van der Waals surface area contributed by atoms with Gasteiger partial charge in [0.2, 0.25) is 0 Å². The molecule has 2 atom stereocenters. The predicted molar refractivity (Wildman–Crippen MR) is 86.9 cm³/mol. The Kier molecular flexibility index (Phi) is 4.96. The number of ether oxygens (including phenoxy) is 1. The quantitative estimate of drug-likeness (QED) is 0.765. The molecule has 5 nitrogen and oxygen atoms in total. The van der Waals surface area contributed by atoms with Crippen molar-refractivity contribution in [3.63, 3.8) is 0 Å². The first kappa shape index (κ1) is 18.7.